The van der Waals surface area contributed by atoms with Crippen LogP contribution in [0.3, 0.4) is 0 Å². The molecule has 0 bridgehead atoms. The van der Waals surface area contributed by atoms with Crippen molar-refractivity contribution in [2.75, 3.05) is 32.4 Å². The summed E-state index contributed by atoms with van der Waals surface area (Å²) in [6, 6.07) is 0. The number of amides is 2. The fourth-order valence-corrected chi connectivity index (χ4v) is 4.85. The number of sulfonamides is 1. The summed E-state index contributed by atoms with van der Waals surface area (Å²) in [6.45, 7) is 2.30. The molecule has 1 atom stereocenters. The predicted molar refractivity (Wildman–Crippen MR) is 84.8 cm³/mol. The van der Waals surface area contributed by atoms with Gasteiger partial charge in [-0.25, -0.2) is 12.7 Å². The van der Waals surface area contributed by atoms with Crippen LogP contribution in [0, 0.1) is 5.92 Å². The molecule has 0 aromatic rings. The minimum Gasteiger partial charge on any atom is -0.322 e. The Bertz CT molecular complexity index is 584. The molecule has 3 saturated heterocycles. The van der Waals surface area contributed by atoms with Crippen LogP contribution in [-0.4, -0.2) is 72.9 Å². The van der Waals surface area contributed by atoms with Crippen molar-refractivity contribution in [3.8, 4) is 0 Å². The van der Waals surface area contributed by atoms with E-state index in [2.05, 4.69) is 0 Å². The summed E-state index contributed by atoms with van der Waals surface area (Å²) >= 11 is 0. The molecule has 0 aromatic carbocycles. The van der Waals surface area contributed by atoms with Gasteiger partial charge >= 0.3 is 0 Å². The van der Waals surface area contributed by atoms with Crippen LogP contribution in [0.4, 0.5) is 0 Å². The standard InChI is InChI=1S/C15H25N3O4S/c1-23(21,22)16-8-4-12(5-9-16)11-15(20)18-10-6-14(19)17-7-2-3-13(17)18/h12-13H,2-11H2,1H3. The molecule has 3 aliphatic heterocycles. The molecular formula is C15H25N3O4S. The van der Waals surface area contributed by atoms with Gasteiger partial charge in [0.2, 0.25) is 21.8 Å². The van der Waals surface area contributed by atoms with E-state index >= 15 is 0 Å². The van der Waals surface area contributed by atoms with Gasteiger partial charge in [0.1, 0.15) is 6.17 Å². The molecule has 2 amide bonds. The number of fused-ring (bicyclic) bond motifs is 1. The first kappa shape index (κ1) is 16.7. The van der Waals surface area contributed by atoms with Crippen molar-refractivity contribution in [1.82, 2.24) is 14.1 Å². The van der Waals surface area contributed by atoms with Gasteiger partial charge in [0.05, 0.1) is 6.26 Å². The number of carbonyl (C=O) groups is 2. The molecule has 0 aliphatic carbocycles. The summed E-state index contributed by atoms with van der Waals surface area (Å²) in [6.07, 6.45) is 5.40. The third-order valence-corrected chi connectivity index (χ3v) is 6.60. The maximum atomic E-state index is 12.7. The van der Waals surface area contributed by atoms with Gasteiger partial charge < -0.3 is 9.80 Å². The van der Waals surface area contributed by atoms with E-state index in [0.717, 1.165) is 32.2 Å². The van der Waals surface area contributed by atoms with Crippen molar-refractivity contribution < 1.29 is 18.0 Å². The minimum absolute atomic E-state index is 0.0418. The molecule has 130 valence electrons. The van der Waals surface area contributed by atoms with Crippen LogP contribution < -0.4 is 0 Å². The quantitative estimate of drug-likeness (QED) is 0.735. The molecule has 0 spiro atoms. The molecule has 1 unspecified atom stereocenters. The zero-order chi connectivity index (χ0) is 16.6. The van der Waals surface area contributed by atoms with Gasteiger partial charge in [0.25, 0.3) is 0 Å². The second-order valence-electron chi connectivity index (χ2n) is 6.86. The Morgan fingerprint density at radius 2 is 1.83 bits per heavy atom. The van der Waals surface area contributed by atoms with Gasteiger partial charge in [-0.3, -0.25) is 9.59 Å². The van der Waals surface area contributed by atoms with Crippen LogP contribution in [0.1, 0.15) is 38.5 Å². The first-order chi connectivity index (χ1) is 10.9. The number of nitrogens with zero attached hydrogens (tertiary/aromatic N) is 3. The SMILES string of the molecule is CS(=O)(=O)N1CCC(CC(=O)N2CCC(=O)N3CCCC32)CC1. The Morgan fingerprint density at radius 3 is 2.48 bits per heavy atom. The van der Waals surface area contributed by atoms with E-state index < -0.39 is 10.0 Å². The molecule has 0 saturated carbocycles. The lowest BCUT2D eigenvalue weighted by atomic mass is 9.93. The highest BCUT2D eigenvalue weighted by atomic mass is 32.2. The van der Waals surface area contributed by atoms with Gasteiger partial charge in [-0.05, 0) is 31.6 Å². The lowest BCUT2D eigenvalue weighted by molar-refractivity contribution is -0.151. The van der Waals surface area contributed by atoms with E-state index in [4.69, 9.17) is 0 Å². The van der Waals surface area contributed by atoms with Crippen molar-refractivity contribution in [3.05, 3.63) is 0 Å². The maximum absolute atomic E-state index is 12.7. The van der Waals surface area contributed by atoms with E-state index in [0.29, 0.717) is 32.5 Å². The Hall–Kier alpha value is -1.15. The summed E-state index contributed by atoms with van der Waals surface area (Å²) in [7, 11) is -3.12. The monoisotopic (exact) mass is 343 g/mol. The molecule has 3 heterocycles. The number of rotatable bonds is 3. The third kappa shape index (κ3) is 3.52. The normalized spacial score (nSPS) is 27.3. The molecule has 3 fully saturated rings. The fraction of sp³-hybridized carbons (Fsp3) is 0.867. The molecule has 3 aliphatic rings. The maximum Gasteiger partial charge on any atom is 0.225 e. The first-order valence-corrected chi connectivity index (χ1v) is 10.2. The summed E-state index contributed by atoms with van der Waals surface area (Å²) in [5.41, 5.74) is 0. The smallest absolute Gasteiger partial charge is 0.225 e. The minimum atomic E-state index is -3.12. The Balaban J connectivity index is 1.55. The van der Waals surface area contributed by atoms with Crippen molar-refractivity contribution in [2.45, 2.75) is 44.7 Å². The van der Waals surface area contributed by atoms with Crippen molar-refractivity contribution in [2.24, 2.45) is 5.92 Å². The zero-order valence-electron chi connectivity index (χ0n) is 13.6. The molecule has 3 rings (SSSR count). The van der Waals surface area contributed by atoms with Crippen molar-refractivity contribution >= 4 is 21.8 Å². The van der Waals surface area contributed by atoms with Gasteiger partial charge in [0, 0.05) is 39.0 Å². The average Bonchev–Trinajstić information content (AvgIpc) is 2.97. The van der Waals surface area contributed by atoms with E-state index in [-0.39, 0.29) is 23.9 Å². The fourth-order valence-electron chi connectivity index (χ4n) is 3.97. The highest BCUT2D eigenvalue weighted by molar-refractivity contribution is 7.88. The lowest BCUT2D eigenvalue weighted by Gasteiger charge is -2.40. The molecule has 8 heteroatoms. The average molecular weight is 343 g/mol. The second kappa shape index (κ2) is 6.39. The van der Waals surface area contributed by atoms with E-state index in [1.54, 1.807) is 0 Å². The molecular weight excluding hydrogens is 318 g/mol. The van der Waals surface area contributed by atoms with Crippen molar-refractivity contribution in [3.63, 3.8) is 0 Å². The van der Waals surface area contributed by atoms with Gasteiger partial charge in [0.15, 0.2) is 0 Å². The second-order valence-corrected chi connectivity index (χ2v) is 8.84. The van der Waals surface area contributed by atoms with Crippen molar-refractivity contribution in [1.29, 1.82) is 0 Å². The van der Waals surface area contributed by atoms with Crippen LogP contribution >= 0.6 is 0 Å². The van der Waals surface area contributed by atoms with E-state index in [1.165, 1.54) is 10.6 Å². The van der Waals surface area contributed by atoms with Crippen LogP contribution in [0.25, 0.3) is 0 Å². The first-order valence-electron chi connectivity index (χ1n) is 8.40. The van der Waals surface area contributed by atoms with Crippen LogP contribution in [0.15, 0.2) is 0 Å². The Labute approximate surface area is 137 Å². The largest absolute Gasteiger partial charge is 0.322 e. The molecule has 0 aromatic heterocycles. The third-order valence-electron chi connectivity index (χ3n) is 5.29. The summed E-state index contributed by atoms with van der Waals surface area (Å²) in [5, 5.41) is 0. The molecule has 23 heavy (non-hydrogen) atoms. The molecule has 7 nitrogen and oxygen atoms in total. The van der Waals surface area contributed by atoms with Crippen LogP contribution in [-0.2, 0) is 19.6 Å². The zero-order valence-corrected chi connectivity index (χ0v) is 14.4. The molecule has 0 N–H and O–H groups in total. The van der Waals surface area contributed by atoms with Crippen LogP contribution in [0.5, 0.6) is 0 Å². The van der Waals surface area contributed by atoms with Crippen LogP contribution in [0.2, 0.25) is 0 Å². The number of piperidine rings is 1. The Kier molecular flexibility index (Phi) is 4.64. The number of hydrogen-bond acceptors (Lipinski definition) is 4. The van der Waals surface area contributed by atoms with E-state index in [1.807, 2.05) is 9.80 Å². The summed E-state index contributed by atoms with van der Waals surface area (Å²) in [5.74, 6) is 0.526. The topological polar surface area (TPSA) is 78.0 Å². The number of hydrogen-bond donors (Lipinski definition) is 0. The summed E-state index contributed by atoms with van der Waals surface area (Å²) < 4.78 is 24.6. The predicted octanol–water partition coefficient (Wildman–Crippen LogP) is 0.229. The lowest BCUT2D eigenvalue weighted by Crippen LogP contribution is -2.55. The molecule has 0 radical (unpaired) electrons. The Morgan fingerprint density at radius 1 is 1.13 bits per heavy atom. The highest BCUT2D eigenvalue weighted by Gasteiger charge is 2.39. The van der Waals surface area contributed by atoms with Gasteiger partial charge in [-0.2, -0.15) is 0 Å². The number of carbonyl (C=O) groups excluding carboxylic acids is 2. The van der Waals surface area contributed by atoms with Gasteiger partial charge in [-0.15, -0.1) is 0 Å². The van der Waals surface area contributed by atoms with Gasteiger partial charge in [-0.1, -0.05) is 0 Å². The highest BCUT2D eigenvalue weighted by Crippen LogP contribution is 2.29. The summed E-state index contributed by atoms with van der Waals surface area (Å²) in [4.78, 5) is 28.3. The van der Waals surface area contributed by atoms with E-state index in [9.17, 15) is 18.0 Å².